The van der Waals surface area contributed by atoms with E-state index in [1.54, 1.807) is 29.4 Å². The summed E-state index contributed by atoms with van der Waals surface area (Å²) in [5, 5.41) is 1.77. The Morgan fingerprint density at radius 3 is 2.84 bits per heavy atom. The molecule has 1 atom stereocenters. The number of nitrogens with two attached hydrogens (primary N) is 1. The van der Waals surface area contributed by atoms with Crippen LogP contribution < -0.4 is 10.5 Å². The number of rotatable bonds is 5. The SMILES string of the molecule is NC(=O)c1sc2ncccc2c1[C@@H]1CN(C(=O)COc2cccc3cccnc23)CCO1. The Kier molecular flexibility index (Phi) is 5.42. The van der Waals surface area contributed by atoms with Crippen molar-refractivity contribution in [1.82, 2.24) is 14.9 Å². The summed E-state index contributed by atoms with van der Waals surface area (Å²) in [5.74, 6) is -0.126. The van der Waals surface area contributed by atoms with Crippen LogP contribution in [0.4, 0.5) is 0 Å². The maximum absolute atomic E-state index is 12.9. The van der Waals surface area contributed by atoms with E-state index in [2.05, 4.69) is 9.97 Å². The second-order valence-corrected chi connectivity index (χ2v) is 8.38. The quantitative estimate of drug-likeness (QED) is 0.503. The lowest BCUT2D eigenvalue weighted by atomic mass is 10.0. The molecular formula is C23H20N4O4S. The van der Waals surface area contributed by atoms with Crippen LogP contribution in [0.3, 0.4) is 0 Å². The number of morpholine rings is 1. The van der Waals surface area contributed by atoms with E-state index in [1.807, 2.05) is 30.3 Å². The van der Waals surface area contributed by atoms with Crippen LogP contribution in [-0.4, -0.2) is 53.0 Å². The van der Waals surface area contributed by atoms with Gasteiger partial charge in [0, 0.05) is 35.3 Å². The van der Waals surface area contributed by atoms with Crippen molar-refractivity contribution < 1.29 is 19.1 Å². The molecular weight excluding hydrogens is 428 g/mol. The maximum atomic E-state index is 12.9. The Morgan fingerprint density at radius 2 is 1.97 bits per heavy atom. The van der Waals surface area contributed by atoms with Gasteiger partial charge in [-0.05, 0) is 18.2 Å². The molecule has 2 amide bonds. The summed E-state index contributed by atoms with van der Waals surface area (Å²) in [6.07, 6.45) is 2.90. The summed E-state index contributed by atoms with van der Waals surface area (Å²) in [6, 6.07) is 13.1. The van der Waals surface area contributed by atoms with E-state index in [-0.39, 0.29) is 12.5 Å². The van der Waals surface area contributed by atoms with E-state index in [9.17, 15) is 9.59 Å². The minimum atomic E-state index is -0.526. The molecule has 1 aliphatic rings. The molecule has 0 spiro atoms. The van der Waals surface area contributed by atoms with Gasteiger partial charge in [-0.25, -0.2) is 4.98 Å². The number of carbonyl (C=O) groups excluding carboxylic acids is 2. The third-order valence-corrected chi connectivity index (χ3v) is 6.56. The van der Waals surface area contributed by atoms with Gasteiger partial charge in [0.1, 0.15) is 27.1 Å². The number of benzene rings is 1. The first-order chi connectivity index (χ1) is 15.6. The van der Waals surface area contributed by atoms with Gasteiger partial charge in [0.25, 0.3) is 11.8 Å². The molecule has 4 aromatic rings. The Labute approximate surface area is 187 Å². The van der Waals surface area contributed by atoms with E-state index in [1.165, 1.54) is 11.3 Å². The van der Waals surface area contributed by atoms with Gasteiger partial charge in [0.05, 0.1) is 13.2 Å². The number of ether oxygens (including phenoxy) is 2. The fourth-order valence-corrected chi connectivity index (χ4v) is 4.97. The van der Waals surface area contributed by atoms with Crippen LogP contribution in [0.1, 0.15) is 21.3 Å². The van der Waals surface area contributed by atoms with Crippen molar-refractivity contribution in [2.45, 2.75) is 6.10 Å². The molecule has 0 saturated carbocycles. The zero-order valence-corrected chi connectivity index (χ0v) is 17.9. The van der Waals surface area contributed by atoms with Crippen LogP contribution in [0.2, 0.25) is 0 Å². The lowest BCUT2D eigenvalue weighted by Gasteiger charge is -2.33. The molecule has 0 radical (unpaired) electrons. The van der Waals surface area contributed by atoms with Gasteiger partial charge in [0.15, 0.2) is 6.61 Å². The van der Waals surface area contributed by atoms with Gasteiger partial charge < -0.3 is 20.1 Å². The Morgan fingerprint density at radius 1 is 1.16 bits per heavy atom. The van der Waals surface area contributed by atoms with Crippen LogP contribution in [0.5, 0.6) is 5.75 Å². The Bertz CT molecular complexity index is 1320. The average Bonchev–Trinajstić information content (AvgIpc) is 3.23. The van der Waals surface area contributed by atoms with E-state index in [0.717, 1.165) is 15.6 Å². The number of hydrogen-bond donors (Lipinski definition) is 1. The minimum Gasteiger partial charge on any atom is -0.481 e. The summed E-state index contributed by atoms with van der Waals surface area (Å²) >= 11 is 1.24. The number of primary amides is 1. The van der Waals surface area contributed by atoms with Crippen molar-refractivity contribution in [1.29, 1.82) is 0 Å². The number of para-hydroxylation sites is 1. The number of pyridine rings is 2. The number of amides is 2. The average molecular weight is 449 g/mol. The molecule has 0 bridgehead atoms. The topological polar surface area (TPSA) is 108 Å². The molecule has 2 N–H and O–H groups in total. The number of nitrogens with zero attached hydrogens (tertiary/aromatic N) is 3. The van der Waals surface area contributed by atoms with Gasteiger partial charge in [-0.2, -0.15) is 0 Å². The third-order valence-electron chi connectivity index (χ3n) is 5.42. The Balaban J connectivity index is 1.34. The molecule has 9 heteroatoms. The molecule has 0 unspecified atom stereocenters. The highest BCUT2D eigenvalue weighted by Gasteiger charge is 2.31. The van der Waals surface area contributed by atoms with E-state index < -0.39 is 12.0 Å². The number of carbonyl (C=O) groups is 2. The molecule has 8 nitrogen and oxygen atoms in total. The molecule has 0 aliphatic carbocycles. The van der Waals surface area contributed by atoms with Crippen LogP contribution in [0, 0.1) is 0 Å². The fourth-order valence-electron chi connectivity index (χ4n) is 3.93. The molecule has 1 saturated heterocycles. The highest BCUT2D eigenvalue weighted by Crippen LogP contribution is 2.37. The first-order valence-corrected chi connectivity index (χ1v) is 11.0. The van der Waals surface area contributed by atoms with E-state index >= 15 is 0 Å². The number of fused-ring (bicyclic) bond motifs is 2. The zero-order valence-electron chi connectivity index (χ0n) is 17.1. The van der Waals surface area contributed by atoms with Crippen molar-refractivity contribution in [3.05, 3.63) is 65.3 Å². The van der Waals surface area contributed by atoms with Crippen molar-refractivity contribution >= 4 is 44.3 Å². The van der Waals surface area contributed by atoms with Gasteiger partial charge in [-0.1, -0.05) is 24.3 Å². The summed E-state index contributed by atoms with van der Waals surface area (Å²) in [5.41, 5.74) is 7.03. The summed E-state index contributed by atoms with van der Waals surface area (Å²) in [6.45, 7) is 0.981. The van der Waals surface area contributed by atoms with Crippen molar-refractivity contribution in [2.24, 2.45) is 5.73 Å². The third kappa shape index (κ3) is 3.76. The normalized spacial score (nSPS) is 16.4. The highest BCUT2D eigenvalue weighted by molar-refractivity contribution is 7.20. The largest absolute Gasteiger partial charge is 0.481 e. The van der Waals surface area contributed by atoms with Crippen LogP contribution in [0.15, 0.2) is 54.9 Å². The summed E-state index contributed by atoms with van der Waals surface area (Å²) in [7, 11) is 0. The van der Waals surface area contributed by atoms with Gasteiger partial charge in [0.2, 0.25) is 0 Å². The highest BCUT2D eigenvalue weighted by atomic mass is 32.1. The number of thiophene rings is 1. The number of hydrogen-bond acceptors (Lipinski definition) is 7. The smallest absolute Gasteiger partial charge is 0.260 e. The van der Waals surface area contributed by atoms with E-state index in [0.29, 0.717) is 41.4 Å². The van der Waals surface area contributed by atoms with Gasteiger partial charge in [-0.3, -0.25) is 14.6 Å². The van der Waals surface area contributed by atoms with Crippen molar-refractivity contribution in [2.75, 3.05) is 26.3 Å². The van der Waals surface area contributed by atoms with Crippen LogP contribution >= 0.6 is 11.3 Å². The minimum absolute atomic E-state index is 0.114. The second-order valence-electron chi connectivity index (χ2n) is 7.38. The van der Waals surface area contributed by atoms with E-state index in [4.69, 9.17) is 15.2 Å². The second kappa shape index (κ2) is 8.52. The van der Waals surface area contributed by atoms with Crippen LogP contribution in [0.25, 0.3) is 21.1 Å². The van der Waals surface area contributed by atoms with Crippen molar-refractivity contribution in [3.8, 4) is 5.75 Å². The maximum Gasteiger partial charge on any atom is 0.260 e. The molecule has 1 aromatic carbocycles. The predicted molar refractivity (Wildman–Crippen MR) is 121 cm³/mol. The Hall–Kier alpha value is -3.56. The molecule has 1 aliphatic heterocycles. The van der Waals surface area contributed by atoms with Crippen molar-refractivity contribution in [3.63, 3.8) is 0 Å². The first-order valence-electron chi connectivity index (χ1n) is 10.1. The fraction of sp³-hybridized carbons (Fsp3) is 0.217. The summed E-state index contributed by atoms with van der Waals surface area (Å²) < 4.78 is 11.8. The van der Waals surface area contributed by atoms with Crippen LogP contribution in [-0.2, 0) is 9.53 Å². The molecule has 1 fully saturated rings. The summed E-state index contributed by atoms with van der Waals surface area (Å²) in [4.78, 5) is 36.5. The number of aromatic nitrogens is 2. The molecule has 162 valence electrons. The molecule has 4 heterocycles. The first kappa shape index (κ1) is 20.3. The van der Waals surface area contributed by atoms with Gasteiger partial charge >= 0.3 is 0 Å². The zero-order chi connectivity index (χ0) is 22.1. The molecule has 3 aromatic heterocycles. The lowest BCUT2D eigenvalue weighted by molar-refractivity contribution is -0.141. The standard InChI is InChI=1S/C23H20N4O4S/c24-22(29)21-19(15-6-3-9-26-23(15)32-21)17-12-27(10-11-30-17)18(28)13-31-16-7-1-4-14-5-2-8-25-20(14)16/h1-9,17H,10-13H2,(H2,24,29)/t17-/m0/s1. The monoisotopic (exact) mass is 448 g/mol. The molecule has 32 heavy (non-hydrogen) atoms. The van der Waals surface area contributed by atoms with Gasteiger partial charge in [-0.15, -0.1) is 11.3 Å². The lowest BCUT2D eigenvalue weighted by Crippen LogP contribution is -2.44. The predicted octanol–water partition coefficient (Wildman–Crippen LogP) is 2.92. The molecule has 5 rings (SSSR count).